The van der Waals surface area contributed by atoms with Gasteiger partial charge in [-0.15, -0.1) is 11.6 Å². The maximum atomic E-state index is 10.5. The van der Waals surface area contributed by atoms with Gasteiger partial charge in [0.2, 0.25) is 5.91 Å². The molecule has 0 aromatic rings. The average Bonchev–Trinajstić information content (AvgIpc) is 1.86. The van der Waals surface area contributed by atoms with E-state index >= 15 is 0 Å². The van der Waals surface area contributed by atoms with E-state index in [-0.39, 0.29) is 5.88 Å². The van der Waals surface area contributed by atoms with Gasteiger partial charge in [-0.25, -0.2) is 0 Å². The fourth-order valence-corrected chi connectivity index (χ4v) is 0.703. The second kappa shape index (κ2) is 3.57. The van der Waals surface area contributed by atoms with Gasteiger partial charge in [0, 0.05) is 6.92 Å². The molecule has 0 saturated carbocycles. The first-order chi connectivity index (χ1) is 4.92. The van der Waals surface area contributed by atoms with Crippen molar-refractivity contribution in [2.45, 2.75) is 19.4 Å². The number of carboxylic acids is 1. The zero-order valence-corrected chi connectivity index (χ0v) is 7.07. The molecule has 0 aromatic carbocycles. The number of alkyl halides is 1. The Hall–Kier alpha value is -0.770. The summed E-state index contributed by atoms with van der Waals surface area (Å²) < 4.78 is 0. The van der Waals surface area contributed by atoms with E-state index < -0.39 is 17.4 Å². The zero-order valence-electron chi connectivity index (χ0n) is 6.31. The molecular formula is C6H9ClNO3-. The summed E-state index contributed by atoms with van der Waals surface area (Å²) in [4.78, 5) is 20.8. The third-order valence-corrected chi connectivity index (χ3v) is 1.70. The molecule has 64 valence electrons. The Labute approximate surface area is 69.5 Å². The first-order valence-electron chi connectivity index (χ1n) is 2.98. The predicted octanol–water partition coefficient (Wildman–Crippen LogP) is -1.13. The Balaban J connectivity index is 4.34. The number of nitrogens with one attached hydrogen (secondary N) is 1. The Bertz CT molecular complexity index is 183. The van der Waals surface area contributed by atoms with E-state index in [0.717, 1.165) is 0 Å². The highest BCUT2D eigenvalue weighted by Gasteiger charge is 2.25. The van der Waals surface area contributed by atoms with Crippen LogP contribution in [0.15, 0.2) is 0 Å². The van der Waals surface area contributed by atoms with E-state index in [1.54, 1.807) is 0 Å². The van der Waals surface area contributed by atoms with E-state index in [2.05, 4.69) is 5.32 Å². The molecule has 1 atom stereocenters. The smallest absolute Gasteiger partial charge is 0.217 e. The molecule has 1 unspecified atom stereocenters. The Morgan fingerprint density at radius 1 is 1.64 bits per heavy atom. The number of amides is 1. The van der Waals surface area contributed by atoms with Crippen LogP contribution in [-0.2, 0) is 9.59 Å². The highest BCUT2D eigenvalue weighted by molar-refractivity contribution is 6.20. The van der Waals surface area contributed by atoms with Gasteiger partial charge in [0.25, 0.3) is 0 Å². The van der Waals surface area contributed by atoms with Crippen molar-refractivity contribution in [1.82, 2.24) is 5.32 Å². The second-order valence-electron chi connectivity index (χ2n) is 2.43. The summed E-state index contributed by atoms with van der Waals surface area (Å²) in [5.41, 5.74) is -1.46. The number of carboxylic acid groups (broad SMARTS) is 1. The summed E-state index contributed by atoms with van der Waals surface area (Å²) in [6.45, 7) is 2.50. The number of hydrogen-bond donors (Lipinski definition) is 1. The molecule has 0 spiro atoms. The molecular weight excluding hydrogens is 170 g/mol. The van der Waals surface area contributed by atoms with Gasteiger partial charge in [-0.05, 0) is 6.92 Å². The van der Waals surface area contributed by atoms with Crippen molar-refractivity contribution in [3.8, 4) is 0 Å². The summed E-state index contributed by atoms with van der Waals surface area (Å²) in [6, 6.07) is 0. The molecule has 11 heavy (non-hydrogen) atoms. The van der Waals surface area contributed by atoms with Crippen molar-refractivity contribution in [2.24, 2.45) is 0 Å². The van der Waals surface area contributed by atoms with Crippen LogP contribution in [0.1, 0.15) is 13.8 Å². The van der Waals surface area contributed by atoms with E-state index in [4.69, 9.17) is 11.6 Å². The summed E-state index contributed by atoms with van der Waals surface area (Å²) in [6.07, 6.45) is 0. The summed E-state index contributed by atoms with van der Waals surface area (Å²) in [7, 11) is 0. The first-order valence-corrected chi connectivity index (χ1v) is 3.52. The maximum Gasteiger partial charge on any atom is 0.217 e. The Kier molecular flexibility index (Phi) is 3.32. The minimum atomic E-state index is -1.46. The Morgan fingerprint density at radius 2 is 2.09 bits per heavy atom. The average molecular weight is 179 g/mol. The van der Waals surface area contributed by atoms with Crippen LogP contribution in [-0.4, -0.2) is 23.3 Å². The van der Waals surface area contributed by atoms with E-state index in [0.29, 0.717) is 0 Å². The quantitative estimate of drug-likeness (QED) is 0.556. The van der Waals surface area contributed by atoms with E-state index in [9.17, 15) is 14.7 Å². The van der Waals surface area contributed by atoms with Crippen molar-refractivity contribution in [1.29, 1.82) is 0 Å². The number of rotatable bonds is 3. The highest BCUT2D eigenvalue weighted by atomic mass is 35.5. The topological polar surface area (TPSA) is 69.2 Å². The summed E-state index contributed by atoms with van der Waals surface area (Å²) in [5.74, 6) is -2.05. The Morgan fingerprint density at radius 3 is 2.18 bits per heavy atom. The lowest BCUT2D eigenvalue weighted by atomic mass is 10.1. The number of carbonyl (C=O) groups excluding carboxylic acids is 2. The molecule has 0 aromatic heterocycles. The molecule has 0 bridgehead atoms. The van der Waals surface area contributed by atoms with Crippen LogP contribution >= 0.6 is 11.6 Å². The first kappa shape index (κ1) is 10.2. The van der Waals surface area contributed by atoms with E-state index in [1.807, 2.05) is 0 Å². The highest BCUT2D eigenvalue weighted by Crippen LogP contribution is 2.04. The van der Waals surface area contributed by atoms with Gasteiger partial charge < -0.3 is 15.2 Å². The van der Waals surface area contributed by atoms with Gasteiger partial charge in [-0.2, -0.15) is 0 Å². The van der Waals surface area contributed by atoms with Gasteiger partial charge in [-0.1, -0.05) is 0 Å². The zero-order chi connectivity index (χ0) is 9.07. The van der Waals surface area contributed by atoms with Crippen molar-refractivity contribution in [3.63, 3.8) is 0 Å². The SMILES string of the molecule is CC(=O)NC(C)(CCl)C(=O)[O-]. The summed E-state index contributed by atoms with van der Waals surface area (Å²) in [5, 5.41) is 12.5. The molecule has 0 saturated heterocycles. The third kappa shape index (κ3) is 2.76. The van der Waals surface area contributed by atoms with Gasteiger partial charge in [0.1, 0.15) is 0 Å². The molecule has 0 aliphatic heterocycles. The largest absolute Gasteiger partial charge is 0.548 e. The van der Waals surface area contributed by atoms with Crippen LogP contribution in [0.25, 0.3) is 0 Å². The minimum absolute atomic E-state index is 0.213. The molecule has 5 heteroatoms. The van der Waals surface area contributed by atoms with Crippen molar-refractivity contribution < 1.29 is 14.7 Å². The lowest BCUT2D eigenvalue weighted by Gasteiger charge is -2.28. The van der Waals surface area contributed by atoms with Gasteiger partial charge in [0.15, 0.2) is 0 Å². The number of carbonyl (C=O) groups is 2. The van der Waals surface area contributed by atoms with Gasteiger partial charge in [-0.3, -0.25) is 4.79 Å². The number of aliphatic carboxylic acids is 1. The molecule has 4 nitrogen and oxygen atoms in total. The van der Waals surface area contributed by atoms with Crippen molar-refractivity contribution >= 4 is 23.5 Å². The van der Waals surface area contributed by atoms with Crippen LogP contribution < -0.4 is 10.4 Å². The lowest BCUT2D eigenvalue weighted by molar-refractivity contribution is -0.312. The van der Waals surface area contributed by atoms with Crippen LogP contribution in [0.4, 0.5) is 0 Å². The number of hydrogen-bond acceptors (Lipinski definition) is 3. The molecule has 1 amide bonds. The molecule has 0 aliphatic carbocycles. The fraction of sp³-hybridized carbons (Fsp3) is 0.667. The molecule has 0 fully saturated rings. The van der Waals surface area contributed by atoms with E-state index in [1.165, 1.54) is 13.8 Å². The number of halogens is 1. The van der Waals surface area contributed by atoms with Gasteiger partial charge >= 0.3 is 0 Å². The monoisotopic (exact) mass is 178 g/mol. The molecule has 0 heterocycles. The minimum Gasteiger partial charge on any atom is -0.548 e. The maximum absolute atomic E-state index is 10.5. The van der Waals surface area contributed by atoms with Crippen LogP contribution in [0, 0.1) is 0 Å². The fourth-order valence-electron chi connectivity index (χ4n) is 0.528. The van der Waals surface area contributed by atoms with Crippen LogP contribution in [0.3, 0.4) is 0 Å². The third-order valence-electron chi connectivity index (χ3n) is 1.17. The molecule has 0 radical (unpaired) electrons. The van der Waals surface area contributed by atoms with Gasteiger partial charge in [0.05, 0.1) is 17.4 Å². The molecule has 0 aliphatic rings. The summed E-state index contributed by atoms with van der Waals surface area (Å²) >= 11 is 5.31. The van der Waals surface area contributed by atoms with Crippen LogP contribution in [0.5, 0.6) is 0 Å². The molecule has 1 N–H and O–H groups in total. The van der Waals surface area contributed by atoms with Crippen molar-refractivity contribution in [2.75, 3.05) is 5.88 Å². The molecule has 0 rings (SSSR count). The normalized spacial score (nSPS) is 15.2. The standard InChI is InChI=1S/C6H10ClNO3/c1-4(9)8-6(2,3-7)5(10)11/h3H2,1-2H3,(H,8,9)(H,10,11)/p-1. The lowest BCUT2D eigenvalue weighted by Crippen LogP contribution is -2.58. The van der Waals surface area contributed by atoms with Crippen molar-refractivity contribution in [3.05, 3.63) is 0 Å². The second-order valence-corrected chi connectivity index (χ2v) is 2.70. The predicted molar refractivity (Wildman–Crippen MR) is 37.9 cm³/mol. The van der Waals surface area contributed by atoms with Crippen LogP contribution in [0.2, 0.25) is 0 Å².